The van der Waals surface area contributed by atoms with Gasteiger partial charge in [0.2, 0.25) is 0 Å². The van der Waals surface area contributed by atoms with Gasteiger partial charge in [-0.2, -0.15) is 0 Å². The molecule has 0 saturated carbocycles. The molecule has 0 bridgehead atoms. The number of phenols is 1. The molecule has 0 aromatic heterocycles. The summed E-state index contributed by atoms with van der Waals surface area (Å²) in [6.45, 7) is 0. The molecule has 98 valence electrons. The lowest BCUT2D eigenvalue weighted by Crippen LogP contribution is -2.12. The molecule has 1 amide bonds. The Bertz CT molecular complexity index is 611. The van der Waals surface area contributed by atoms with Gasteiger partial charge in [-0.1, -0.05) is 12.1 Å². The van der Waals surface area contributed by atoms with Crippen LogP contribution < -0.4 is 15.8 Å². The van der Waals surface area contributed by atoms with E-state index in [0.717, 1.165) is 0 Å². The molecule has 2 rings (SSSR count). The molecule has 0 aliphatic carbocycles. The largest absolute Gasteiger partial charge is 0.505 e. The van der Waals surface area contributed by atoms with Gasteiger partial charge >= 0.3 is 0 Å². The van der Waals surface area contributed by atoms with Crippen molar-refractivity contribution in [2.24, 2.45) is 0 Å². The molecule has 0 radical (unpaired) electrons. The number of nitrogen functional groups attached to an aromatic ring is 1. The quantitative estimate of drug-likeness (QED) is 0.582. The van der Waals surface area contributed by atoms with Crippen LogP contribution in [0.25, 0.3) is 0 Å². The Hall–Kier alpha value is -2.69. The van der Waals surface area contributed by atoms with E-state index in [1.54, 1.807) is 37.4 Å². The van der Waals surface area contributed by atoms with Crippen LogP contribution in [0.5, 0.6) is 11.5 Å². The summed E-state index contributed by atoms with van der Waals surface area (Å²) in [6, 6.07) is 11.6. The van der Waals surface area contributed by atoms with Crippen molar-refractivity contribution in [3.05, 3.63) is 48.0 Å². The summed E-state index contributed by atoms with van der Waals surface area (Å²) in [5, 5.41) is 12.4. The zero-order valence-corrected chi connectivity index (χ0v) is 10.4. The normalized spacial score (nSPS) is 9.95. The van der Waals surface area contributed by atoms with Gasteiger partial charge in [0.15, 0.2) is 5.75 Å². The van der Waals surface area contributed by atoms with Gasteiger partial charge < -0.3 is 20.9 Å². The Balaban J connectivity index is 2.23. The smallest absolute Gasteiger partial charge is 0.259 e. The van der Waals surface area contributed by atoms with E-state index in [1.165, 1.54) is 12.1 Å². The van der Waals surface area contributed by atoms with Crippen LogP contribution in [-0.4, -0.2) is 18.1 Å². The lowest BCUT2D eigenvalue weighted by atomic mass is 10.1. The average molecular weight is 258 g/mol. The van der Waals surface area contributed by atoms with Gasteiger partial charge in [-0.3, -0.25) is 4.79 Å². The van der Waals surface area contributed by atoms with E-state index in [9.17, 15) is 9.90 Å². The molecule has 2 aromatic carbocycles. The number of amides is 1. The van der Waals surface area contributed by atoms with Crippen LogP contribution in [0, 0.1) is 0 Å². The predicted molar refractivity (Wildman–Crippen MR) is 73.5 cm³/mol. The maximum Gasteiger partial charge on any atom is 0.259 e. The third-order valence-corrected chi connectivity index (χ3v) is 2.64. The van der Waals surface area contributed by atoms with Crippen LogP contribution in [0.15, 0.2) is 42.5 Å². The van der Waals surface area contributed by atoms with Crippen LogP contribution in [0.3, 0.4) is 0 Å². The van der Waals surface area contributed by atoms with Gasteiger partial charge in [0.05, 0.1) is 18.4 Å². The molecule has 0 spiro atoms. The SMILES string of the molecule is COc1cccc(NC(=O)c2cccc(N)c2O)c1. The highest BCUT2D eigenvalue weighted by atomic mass is 16.5. The molecule has 5 heteroatoms. The molecule has 0 heterocycles. The molecule has 0 aliphatic heterocycles. The number of nitrogens with one attached hydrogen (secondary N) is 1. The molecule has 4 N–H and O–H groups in total. The summed E-state index contributed by atoms with van der Waals surface area (Å²) in [6.07, 6.45) is 0. The number of hydrogen-bond donors (Lipinski definition) is 3. The van der Waals surface area contributed by atoms with Crippen LogP contribution >= 0.6 is 0 Å². The third kappa shape index (κ3) is 2.77. The summed E-state index contributed by atoms with van der Waals surface area (Å²) in [4.78, 5) is 12.0. The van der Waals surface area contributed by atoms with E-state index in [1.807, 2.05) is 0 Å². The van der Waals surface area contributed by atoms with E-state index in [4.69, 9.17) is 10.5 Å². The van der Waals surface area contributed by atoms with E-state index in [2.05, 4.69) is 5.32 Å². The van der Waals surface area contributed by atoms with Crippen molar-refractivity contribution in [1.82, 2.24) is 0 Å². The second-order valence-corrected chi connectivity index (χ2v) is 3.93. The molecular formula is C14H14N2O3. The van der Waals surface area contributed by atoms with Gasteiger partial charge in [0, 0.05) is 11.8 Å². The minimum atomic E-state index is -0.432. The van der Waals surface area contributed by atoms with Gasteiger partial charge in [0.1, 0.15) is 5.75 Å². The molecule has 0 aliphatic rings. The first kappa shape index (κ1) is 12.8. The second-order valence-electron chi connectivity index (χ2n) is 3.93. The van der Waals surface area contributed by atoms with Crippen LogP contribution in [0.1, 0.15) is 10.4 Å². The van der Waals surface area contributed by atoms with Crippen molar-refractivity contribution in [2.45, 2.75) is 0 Å². The highest BCUT2D eigenvalue weighted by Gasteiger charge is 2.13. The van der Waals surface area contributed by atoms with Gasteiger partial charge in [-0.25, -0.2) is 0 Å². The number of methoxy groups -OCH3 is 1. The molecule has 19 heavy (non-hydrogen) atoms. The fraction of sp³-hybridized carbons (Fsp3) is 0.0714. The molecule has 0 fully saturated rings. The van der Waals surface area contributed by atoms with E-state index in [0.29, 0.717) is 11.4 Å². The number of ether oxygens (including phenoxy) is 1. The number of carbonyl (C=O) groups excluding carboxylic acids is 1. The standard InChI is InChI=1S/C14H14N2O3/c1-19-10-5-2-4-9(8-10)16-14(18)11-6-3-7-12(15)13(11)17/h2-8,17H,15H2,1H3,(H,16,18). The Kier molecular flexibility index (Phi) is 3.56. The van der Waals surface area contributed by atoms with Crippen LogP contribution in [-0.2, 0) is 0 Å². The summed E-state index contributed by atoms with van der Waals surface area (Å²) in [5.41, 5.74) is 6.42. The number of aromatic hydroxyl groups is 1. The number of carbonyl (C=O) groups is 1. The lowest BCUT2D eigenvalue weighted by molar-refractivity contribution is 0.102. The Morgan fingerprint density at radius 3 is 2.74 bits per heavy atom. The number of nitrogens with two attached hydrogens (primary N) is 1. The van der Waals surface area contributed by atoms with E-state index < -0.39 is 5.91 Å². The van der Waals surface area contributed by atoms with E-state index >= 15 is 0 Å². The zero-order valence-electron chi connectivity index (χ0n) is 10.4. The maximum absolute atomic E-state index is 12.0. The van der Waals surface area contributed by atoms with Crippen molar-refractivity contribution in [2.75, 3.05) is 18.2 Å². The van der Waals surface area contributed by atoms with Crippen LogP contribution in [0.4, 0.5) is 11.4 Å². The molecule has 5 nitrogen and oxygen atoms in total. The van der Waals surface area contributed by atoms with Gasteiger partial charge in [-0.15, -0.1) is 0 Å². The first-order valence-electron chi connectivity index (χ1n) is 5.64. The average Bonchev–Trinajstić information content (AvgIpc) is 2.42. The Labute approximate surface area is 110 Å². The molecule has 0 unspecified atom stereocenters. The van der Waals surface area contributed by atoms with Crippen molar-refractivity contribution in [1.29, 1.82) is 0 Å². The minimum Gasteiger partial charge on any atom is -0.505 e. The monoisotopic (exact) mass is 258 g/mol. The fourth-order valence-corrected chi connectivity index (χ4v) is 1.64. The van der Waals surface area contributed by atoms with Crippen molar-refractivity contribution in [3.63, 3.8) is 0 Å². The number of anilines is 2. The van der Waals surface area contributed by atoms with Crippen LogP contribution in [0.2, 0.25) is 0 Å². The Morgan fingerprint density at radius 1 is 1.26 bits per heavy atom. The molecule has 2 aromatic rings. The number of para-hydroxylation sites is 1. The summed E-state index contributed by atoms with van der Waals surface area (Å²) < 4.78 is 5.06. The molecular weight excluding hydrogens is 244 g/mol. The number of rotatable bonds is 3. The lowest BCUT2D eigenvalue weighted by Gasteiger charge is -2.09. The molecule has 0 saturated heterocycles. The summed E-state index contributed by atoms with van der Waals surface area (Å²) in [7, 11) is 1.55. The number of phenolic OH excluding ortho intramolecular Hbond substituents is 1. The second kappa shape index (κ2) is 5.30. The van der Waals surface area contributed by atoms with Crippen molar-refractivity contribution in [3.8, 4) is 11.5 Å². The highest BCUT2D eigenvalue weighted by Crippen LogP contribution is 2.25. The summed E-state index contributed by atoms with van der Waals surface area (Å²) >= 11 is 0. The summed E-state index contributed by atoms with van der Waals surface area (Å²) in [5.74, 6) is -0.0180. The minimum absolute atomic E-state index is 0.128. The van der Waals surface area contributed by atoms with E-state index in [-0.39, 0.29) is 17.0 Å². The molecule has 0 atom stereocenters. The maximum atomic E-state index is 12.0. The highest BCUT2D eigenvalue weighted by molar-refractivity contribution is 6.07. The zero-order chi connectivity index (χ0) is 13.8. The fourth-order valence-electron chi connectivity index (χ4n) is 1.64. The predicted octanol–water partition coefficient (Wildman–Crippen LogP) is 2.24. The van der Waals surface area contributed by atoms with Crippen molar-refractivity contribution >= 4 is 17.3 Å². The Morgan fingerprint density at radius 2 is 2.00 bits per heavy atom. The number of benzene rings is 2. The first-order valence-corrected chi connectivity index (χ1v) is 5.64. The van der Waals surface area contributed by atoms with Gasteiger partial charge in [-0.05, 0) is 24.3 Å². The van der Waals surface area contributed by atoms with Crippen molar-refractivity contribution < 1.29 is 14.6 Å². The number of hydrogen-bond acceptors (Lipinski definition) is 4. The third-order valence-electron chi connectivity index (χ3n) is 2.64. The topological polar surface area (TPSA) is 84.6 Å². The van der Waals surface area contributed by atoms with Gasteiger partial charge in [0.25, 0.3) is 5.91 Å². The first-order chi connectivity index (χ1) is 9.11.